The molecular weight excluding hydrogens is 380 g/mol. The molecule has 0 saturated heterocycles. The molecule has 4 rings (SSSR count). The smallest absolute Gasteiger partial charge is 0.228 e. The minimum Gasteiger partial charge on any atom is -0.338 e. The number of thioether (sulfide) groups is 1. The van der Waals surface area contributed by atoms with Crippen molar-refractivity contribution in [3.63, 3.8) is 0 Å². The van der Waals surface area contributed by atoms with Crippen LogP contribution in [0.25, 0.3) is 11.5 Å². The summed E-state index contributed by atoms with van der Waals surface area (Å²) in [5.74, 6) is 1.87. The SMILES string of the molecule is CCSc1nnc(-c2nn(C)c3c2CN(C(=O)Cc2cccs2)CC3)n1C. The lowest BCUT2D eigenvalue weighted by Gasteiger charge is -2.27. The molecule has 0 unspecified atom stereocenters. The molecule has 0 bridgehead atoms. The Morgan fingerprint density at radius 2 is 2.19 bits per heavy atom. The summed E-state index contributed by atoms with van der Waals surface area (Å²) in [7, 11) is 3.93. The maximum Gasteiger partial charge on any atom is 0.228 e. The van der Waals surface area contributed by atoms with E-state index in [4.69, 9.17) is 5.10 Å². The molecule has 7 nitrogen and oxygen atoms in total. The van der Waals surface area contributed by atoms with Gasteiger partial charge >= 0.3 is 0 Å². The fraction of sp³-hybridized carbons (Fsp3) is 0.444. The summed E-state index contributed by atoms with van der Waals surface area (Å²) in [5.41, 5.74) is 3.10. The lowest BCUT2D eigenvalue weighted by Crippen LogP contribution is -2.37. The number of hydrogen-bond donors (Lipinski definition) is 0. The minimum absolute atomic E-state index is 0.165. The Balaban J connectivity index is 1.62. The molecule has 0 atom stereocenters. The van der Waals surface area contributed by atoms with E-state index in [1.807, 2.05) is 45.8 Å². The normalized spacial score (nSPS) is 13.8. The number of carbonyl (C=O) groups is 1. The Labute approximate surface area is 166 Å². The zero-order valence-corrected chi connectivity index (χ0v) is 17.3. The number of thiophene rings is 1. The number of aryl methyl sites for hydroxylation is 1. The number of rotatable bonds is 5. The third-order valence-electron chi connectivity index (χ3n) is 4.82. The van der Waals surface area contributed by atoms with E-state index in [2.05, 4.69) is 17.1 Å². The summed E-state index contributed by atoms with van der Waals surface area (Å²) in [6.07, 6.45) is 1.27. The fourth-order valence-corrected chi connectivity index (χ4v) is 4.77. The molecule has 3 aromatic rings. The Morgan fingerprint density at radius 1 is 1.33 bits per heavy atom. The summed E-state index contributed by atoms with van der Waals surface area (Å²) in [4.78, 5) is 15.8. The Bertz CT molecular complexity index is 959. The summed E-state index contributed by atoms with van der Waals surface area (Å²) in [5, 5.41) is 16.3. The maximum absolute atomic E-state index is 12.8. The monoisotopic (exact) mass is 402 g/mol. The highest BCUT2D eigenvalue weighted by Gasteiger charge is 2.29. The first kappa shape index (κ1) is 18.2. The third-order valence-corrected chi connectivity index (χ3v) is 6.60. The summed E-state index contributed by atoms with van der Waals surface area (Å²) >= 11 is 3.29. The van der Waals surface area contributed by atoms with Crippen molar-refractivity contribution in [3.8, 4) is 11.5 Å². The van der Waals surface area contributed by atoms with Gasteiger partial charge in [-0.1, -0.05) is 24.8 Å². The van der Waals surface area contributed by atoms with Gasteiger partial charge in [-0.25, -0.2) is 0 Å². The van der Waals surface area contributed by atoms with Crippen molar-refractivity contribution in [3.05, 3.63) is 33.6 Å². The molecule has 0 fully saturated rings. The van der Waals surface area contributed by atoms with Crippen LogP contribution in [0.5, 0.6) is 0 Å². The third kappa shape index (κ3) is 3.41. The van der Waals surface area contributed by atoms with Crippen LogP contribution in [-0.4, -0.2) is 47.6 Å². The number of aromatic nitrogens is 5. The molecule has 1 amide bonds. The van der Waals surface area contributed by atoms with Crippen molar-refractivity contribution >= 4 is 29.0 Å². The number of carbonyl (C=O) groups excluding carboxylic acids is 1. The molecule has 0 aliphatic carbocycles. The van der Waals surface area contributed by atoms with Gasteiger partial charge in [0.1, 0.15) is 5.69 Å². The maximum atomic E-state index is 12.8. The average Bonchev–Trinajstić information content (AvgIpc) is 3.37. The van der Waals surface area contributed by atoms with Crippen LogP contribution in [0, 0.1) is 0 Å². The molecule has 0 radical (unpaired) electrons. The minimum atomic E-state index is 0.165. The van der Waals surface area contributed by atoms with Crippen molar-refractivity contribution in [2.45, 2.75) is 31.5 Å². The van der Waals surface area contributed by atoms with Gasteiger partial charge in [-0.2, -0.15) is 5.10 Å². The molecule has 142 valence electrons. The van der Waals surface area contributed by atoms with E-state index in [0.717, 1.165) is 45.8 Å². The Hall–Kier alpha value is -2.13. The standard InChI is InChI=1S/C18H22N6OS2/c1-4-26-18-20-19-17(22(18)2)16-13-11-24(8-7-14(13)23(3)21-16)15(25)10-12-6-5-9-27-12/h5-6,9H,4,7-8,10-11H2,1-3H3. The van der Waals surface area contributed by atoms with Gasteiger partial charge in [0, 0.05) is 49.7 Å². The second-order valence-electron chi connectivity index (χ2n) is 6.52. The van der Waals surface area contributed by atoms with Gasteiger partial charge < -0.3 is 9.47 Å². The topological polar surface area (TPSA) is 68.8 Å². The van der Waals surface area contributed by atoms with Crippen molar-refractivity contribution in [2.24, 2.45) is 14.1 Å². The first-order chi connectivity index (χ1) is 13.1. The van der Waals surface area contributed by atoms with Gasteiger partial charge in [-0.3, -0.25) is 9.48 Å². The molecule has 0 saturated carbocycles. The lowest BCUT2D eigenvalue weighted by atomic mass is 10.0. The average molecular weight is 403 g/mol. The summed E-state index contributed by atoms with van der Waals surface area (Å²) in [6, 6.07) is 4.00. The quantitative estimate of drug-likeness (QED) is 0.614. The zero-order valence-electron chi connectivity index (χ0n) is 15.7. The van der Waals surface area contributed by atoms with Crippen molar-refractivity contribution < 1.29 is 4.79 Å². The van der Waals surface area contributed by atoms with Gasteiger partial charge in [0.25, 0.3) is 0 Å². The predicted octanol–water partition coefficient (Wildman–Crippen LogP) is 2.52. The Kier molecular flexibility index (Phi) is 5.05. The molecule has 1 aliphatic rings. The van der Waals surface area contributed by atoms with Crippen LogP contribution in [0.1, 0.15) is 23.1 Å². The first-order valence-corrected chi connectivity index (χ1v) is 10.8. The molecular formula is C18H22N6OS2. The van der Waals surface area contributed by atoms with Crippen LogP contribution >= 0.6 is 23.1 Å². The Morgan fingerprint density at radius 3 is 2.93 bits per heavy atom. The first-order valence-electron chi connectivity index (χ1n) is 8.96. The van der Waals surface area contributed by atoms with Crippen LogP contribution in [0.3, 0.4) is 0 Å². The summed E-state index contributed by atoms with van der Waals surface area (Å²) in [6.45, 7) is 3.40. The molecule has 0 aromatic carbocycles. The van der Waals surface area contributed by atoms with E-state index in [9.17, 15) is 4.79 Å². The number of nitrogens with zero attached hydrogens (tertiary/aromatic N) is 6. The summed E-state index contributed by atoms with van der Waals surface area (Å²) < 4.78 is 3.91. The molecule has 0 spiro atoms. The molecule has 3 aromatic heterocycles. The zero-order chi connectivity index (χ0) is 19.0. The van der Waals surface area contributed by atoms with Gasteiger partial charge in [0.15, 0.2) is 11.0 Å². The van der Waals surface area contributed by atoms with Crippen molar-refractivity contribution in [1.82, 2.24) is 29.4 Å². The second-order valence-corrected chi connectivity index (χ2v) is 8.78. The van der Waals surface area contributed by atoms with E-state index in [0.29, 0.717) is 13.0 Å². The molecule has 4 heterocycles. The molecule has 1 aliphatic heterocycles. The predicted molar refractivity (Wildman–Crippen MR) is 107 cm³/mol. The van der Waals surface area contributed by atoms with Crippen LogP contribution < -0.4 is 0 Å². The van der Waals surface area contributed by atoms with Gasteiger partial charge in [-0.15, -0.1) is 21.5 Å². The van der Waals surface area contributed by atoms with Crippen LogP contribution in [0.15, 0.2) is 22.7 Å². The van der Waals surface area contributed by atoms with Gasteiger partial charge in [-0.05, 0) is 17.2 Å². The molecule has 9 heteroatoms. The van der Waals surface area contributed by atoms with Crippen molar-refractivity contribution in [2.75, 3.05) is 12.3 Å². The highest BCUT2D eigenvalue weighted by atomic mass is 32.2. The number of amides is 1. The van der Waals surface area contributed by atoms with E-state index >= 15 is 0 Å². The van der Waals surface area contributed by atoms with E-state index in [1.54, 1.807) is 23.1 Å². The number of fused-ring (bicyclic) bond motifs is 1. The van der Waals surface area contributed by atoms with E-state index in [-0.39, 0.29) is 5.91 Å². The second kappa shape index (κ2) is 7.47. The molecule has 27 heavy (non-hydrogen) atoms. The van der Waals surface area contributed by atoms with Crippen LogP contribution in [0.4, 0.5) is 0 Å². The van der Waals surface area contributed by atoms with E-state index in [1.165, 1.54) is 5.69 Å². The van der Waals surface area contributed by atoms with Gasteiger partial charge in [0.05, 0.1) is 6.42 Å². The van der Waals surface area contributed by atoms with Gasteiger partial charge in [0.2, 0.25) is 5.91 Å². The van der Waals surface area contributed by atoms with Crippen LogP contribution in [0.2, 0.25) is 0 Å². The largest absolute Gasteiger partial charge is 0.338 e. The number of hydrogen-bond acceptors (Lipinski definition) is 6. The highest BCUT2D eigenvalue weighted by molar-refractivity contribution is 7.99. The molecule has 0 N–H and O–H groups in total. The highest BCUT2D eigenvalue weighted by Crippen LogP contribution is 2.30. The lowest BCUT2D eigenvalue weighted by molar-refractivity contribution is -0.131. The van der Waals surface area contributed by atoms with Crippen LogP contribution in [-0.2, 0) is 38.3 Å². The van der Waals surface area contributed by atoms with Crippen molar-refractivity contribution in [1.29, 1.82) is 0 Å². The van der Waals surface area contributed by atoms with E-state index < -0.39 is 0 Å². The fourth-order valence-electron chi connectivity index (χ4n) is 3.43.